The van der Waals surface area contributed by atoms with Crippen LogP contribution in [-0.4, -0.2) is 67.9 Å². The molecule has 2 N–H and O–H groups in total. The van der Waals surface area contributed by atoms with Crippen molar-refractivity contribution in [3.8, 4) is 0 Å². The number of rotatable bonds is 5. The molecule has 0 spiro atoms. The summed E-state index contributed by atoms with van der Waals surface area (Å²) >= 11 is 0. The molecule has 1 aromatic carbocycles. The fourth-order valence-corrected chi connectivity index (χ4v) is 2.44. The second-order valence-electron chi connectivity index (χ2n) is 5.49. The molecule has 0 aromatic heterocycles. The molecule has 1 saturated heterocycles. The lowest BCUT2D eigenvalue weighted by atomic mass is 10.2. The molecule has 1 aliphatic heterocycles. The van der Waals surface area contributed by atoms with Gasteiger partial charge in [0, 0.05) is 52.9 Å². The molecule has 0 unspecified atom stereocenters. The molecular formula is C16H24N4O2. The predicted molar refractivity (Wildman–Crippen MR) is 85.2 cm³/mol. The number of hydrogen-bond acceptors (Lipinski definition) is 4. The van der Waals surface area contributed by atoms with Crippen molar-refractivity contribution in [2.24, 2.45) is 0 Å². The number of carbonyl (C=O) groups is 2. The van der Waals surface area contributed by atoms with Gasteiger partial charge in [0.1, 0.15) is 0 Å². The van der Waals surface area contributed by atoms with Crippen LogP contribution in [0.4, 0.5) is 0 Å². The highest BCUT2D eigenvalue weighted by Gasteiger charge is 2.18. The van der Waals surface area contributed by atoms with E-state index in [9.17, 15) is 9.59 Å². The van der Waals surface area contributed by atoms with Crippen molar-refractivity contribution < 1.29 is 9.59 Å². The zero-order chi connectivity index (χ0) is 15.8. The van der Waals surface area contributed by atoms with E-state index in [1.807, 2.05) is 30.3 Å². The highest BCUT2D eigenvalue weighted by Crippen LogP contribution is 2.02. The Morgan fingerprint density at radius 1 is 1.23 bits per heavy atom. The summed E-state index contributed by atoms with van der Waals surface area (Å²) in [5, 5.41) is 5.98. The maximum atomic E-state index is 12.0. The van der Waals surface area contributed by atoms with Crippen LogP contribution < -0.4 is 10.6 Å². The first-order valence-electron chi connectivity index (χ1n) is 7.67. The maximum absolute atomic E-state index is 12.0. The van der Waals surface area contributed by atoms with Gasteiger partial charge in [-0.1, -0.05) is 30.3 Å². The fraction of sp³-hybridized carbons (Fsp3) is 0.500. The molecule has 1 aromatic rings. The summed E-state index contributed by atoms with van der Waals surface area (Å²) in [6.07, 6.45) is 0. The van der Waals surface area contributed by atoms with Gasteiger partial charge in [-0.3, -0.25) is 14.5 Å². The van der Waals surface area contributed by atoms with Crippen LogP contribution in [0.1, 0.15) is 5.56 Å². The Bertz CT molecular complexity index is 486. The number of nitrogens with zero attached hydrogens (tertiary/aromatic N) is 2. The van der Waals surface area contributed by atoms with E-state index >= 15 is 0 Å². The van der Waals surface area contributed by atoms with E-state index in [4.69, 9.17) is 0 Å². The Kier molecular flexibility index (Phi) is 6.36. The van der Waals surface area contributed by atoms with Crippen LogP contribution in [0, 0.1) is 0 Å². The number of hydrogen-bond donors (Lipinski definition) is 2. The van der Waals surface area contributed by atoms with Crippen LogP contribution in [0.25, 0.3) is 0 Å². The minimum Gasteiger partial charge on any atom is -0.347 e. The van der Waals surface area contributed by atoms with Gasteiger partial charge in [-0.15, -0.1) is 0 Å². The van der Waals surface area contributed by atoms with E-state index in [-0.39, 0.29) is 0 Å². The normalized spacial score (nSPS) is 15.3. The molecule has 2 rings (SSSR count). The quantitative estimate of drug-likeness (QED) is 0.731. The summed E-state index contributed by atoms with van der Waals surface area (Å²) < 4.78 is 0. The molecule has 1 fully saturated rings. The first-order valence-corrected chi connectivity index (χ1v) is 7.67. The Morgan fingerprint density at radius 3 is 2.59 bits per heavy atom. The van der Waals surface area contributed by atoms with Crippen molar-refractivity contribution in [2.75, 3.05) is 46.3 Å². The van der Waals surface area contributed by atoms with Crippen molar-refractivity contribution in [3.63, 3.8) is 0 Å². The Morgan fingerprint density at radius 2 is 1.91 bits per heavy atom. The van der Waals surface area contributed by atoms with Crippen LogP contribution in [0.15, 0.2) is 30.3 Å². The Labute approximate surface area is 131 Å². The number of carbonyl (C=O) groups excluding carboxylic acids is 2. The molecule has 0 bridgehead atoms. The smallest absolute Gasteiger partial charge is 0.311 e. The van der Waals surface area contributed by atoms with Gasteiger partial charge in [-0.25, -0.2) is 0 Å². The van der Waals surface area contributed by atoms with Crippen LogP contribution in [0.2, 0.25) is 0 Å². The van der Waals surface area contributed by atoms with Gasteiger partial charge in [0.25, 0.3) is 0 Å². The number of amides is 2. The van der Waals surface area contributed by atoms with Crippen molar-refractivity contribution in [1.82, 2.24) is 20.4 Å². The summed E-state index contributed by atoms with van der Waals surface area (Å²) in [4.78, 5) is 27.6. The zero-order valence-electron chi connectivity index (χ0n) is 13.0. The molecule has 1 heterocycles. The van der Waals surface area contributed by atoms with Gasteiger partial charge in [0.05, 0.1) is 0 Å². The molecular weight excluding hydrogens is 280 g/mol. The first-order chi connectivity index (χ1) is 10.7. The van der Waals surface area contributed by atoms with E-state index in [1.54, 1.807) is 7.05 Å². The van der Waals surface area contributed by atoms with Crippen molar-refractivity contribution in [1.29, 1.82) is 0 Å². The second kappa shape index (κ2) is 8.51. The minimum absolute atomic E-state index is 0.435. The van der Waals surface area contributed by atoms with E-state index in [0.29, 0.717) is 13.1 Å². The summed E-state index contributed by atoms with van der Waals surface area (Å²) in [5.41, 5.74) is 1.01. The van der Waals surface area contributed by atoms with Gasteiger partial charge >= 0.3 is 11.8 Å². The van der Waals surface area contributed by atoms with Crippen molar-refractivity contribution in [2.45, 2.75) is 6.54 Å². The lowest BCUT2D eigenvalue weighted by Gasteiger charge is -2.27. The van der Waals surface area contributed by atoms with Gasteiger partial charge in [0.15, 0.2) is 0 Å². The third-order valence-electron chi connectivity index (χ3n) is 3.73. The van der Waals surface area contributed by atoms with Crippen molar-refractivity contribution in [3.05, 3.63) is 35.9 Å². The molecule has 2 amide bonds. The topological polar surface area (TPSA) is 64.7 Å². The summed E-state index contributed by atoms with van der Waals surface area (Å²) in [7, 11) is 1.64. The molecule has 1 aliphatic rings. The van der Waals surface area contributed by atoms with Gasteiger partial charge in [-0.2, -0.15) is 0 Å². The predicted octanol–water partition coefficient (Wildman–Crippen LogP) is -0.334. The third-order valence-corrected chi connectivity index (χ3v) is 3.73. The standard InChI is InChI=1S/C16H24N4O2/c1-19(13-14-5-3-2-4-6-14)16(22)15(21)18-9-12-20-10-7-17-8-11-20/h2-6,17H,7-13H2,1H3,(H,18,21). The molecule has 6 nitrogen and oxygen atoms in total. The molecule has 120 valence electrons. The lowest BCUT2D eigenvalue weighted by Crippen LogP contribution is -2.47. The summed E-state index contributed by atoms with van der Waals surface area (Å²) in [6.45, 7) is 5.65. The number of likely N-dealkylation sites (N-methyl/N-ethyl adjacent to an activating group) is 1. The summed E-state index contributed by atoms with van der Waals surface area (Å²) in [5.74, 6) is -1.03. The molecule has 22 heavy (non-hydrogen) atoms. The van der Waals surface area contributed by atoms with Crippen LogP contribution in [-0.2, 0) is 16.1 Å². The molecule has 6 heteroatoms. The number of piperazine rings is 1. The van der Waals surface area contributed by atoms with E-state index in [1.165, 1.54) is 4.90 Å². The van der Waals surface area contributed by atoms with Crippen LogP contribution in [0.3, 0.4) is 0 Å². The molecule has 0 aliphatic carbocycles. The van der Waals surface area contributed by atoms with E-state index in [0.717, 1.165) is 38.3 Å². The SMILES string of the molecule is CN(Cc1ccccc1)C(=O)C(=O)NCCN1CCNCC1. The summed E-state index contributed by atoms with van der Waals surface area (Å²) in [6, 6.07) is 9.63. The average molecular weight is 304 g/mol. The average Bonchev–Trinajstić information content (AvgIpc) is 2.56. The zero-order valence-corrected chi connectivity index (χ0v) is 13.0. The maximum Gasteiger partial charge on any atom is 0.311 e. The highest BCUT2D eigenvalue weighted by molar-refractivity contribution is 6.34. The van der Waals surface area contributed by atoms with Crippen LogP contribution in [0.5, 0.6) is 0 Å². The van der Waals surface area contributed by atoms with E-state index in [2.05, 4.69) is 15.5 Å². The Balaban J connectivity index is 1.70. The minimum atomic E-state index is -0.534. The van der Waals surface area contributed by atoms with Gasteiger partial charge in [-0.05, 0) is 5.56 Å². The largest absolute Gasteiger partial charge is 0.347 e. The van der Waals surface area contributed by atoms with Gasteiger partial charge in [0.2, 0.25) is 0 Å². The third kappa shape index (κ3) is 5.13. The number of benzene rings is 1. The molecule has 0 atom stereocenters. The highest BCUT2D eigenvalue weighted by atomic mass is 16.2. The van der Waals surface area contributed by atoms with Crippen LogP contribution >= 0.6 is 0 Å². The molecule has 0 radical (unpaired) electrons. The molecule has 0 saturated carbocycles. The van der Waals surface area contributed by atoms with Gasteiger partial charge < -0.3 is 15.5 Å². The van der Waals surface area contributed by atoms with Crippen molar-refractivity contribution >= 4 is 11.8 Å². The monoisotopic (exact) mass is 304 g/mol. The van der Waals surface area contributed by atoms with E-state index < -0.39 is 11.8 Å². The fourth-order valence-electron chi connectivity index (χ4n) is 2.44. The first kappa shape index (κ1) is 16.5. The Hall–Kier alpha value is -1.92. The number of nitrogens with one attached hydrogen (secondary N) is 2. The second-order valence-corrected chi connectivity index (χ2v) is 5.49. The lowest BCUT2D eigenvalue weighted by molar-refractivity contribution is -0.145.